The molecule has 2 fully saturated rings. The van der Waals surface area contributed by atoms with E-state index in [-0.39, 0.29) is 6.04 Å². The molecule has 2 aliphatic rings. The van der Waals surface area contributed by atoms with Crippen LogP contribution in [0.1, 0.15) is 38.5 Å². The number of nitrogens with zero attached hydrogens (tertiary/aromatic N) is 2. The van der Waals surface area contributed by atoms with E-state index in [1.54, 1.807) is 15.7 Å². The van der Waals surface area contributed by atoms with Crippen molar-refractivity contribution in [2.24, 2.45) is 11.7 Å². The Morgan fingerprint density at radius 2 is 1.83 bits per heavy atom. The Balaban J connectivity index is 2.08. The zero-order valence-electron chi connectivity index (χ0n) is 11.2. The molecule has 5 nitrogen and oxygen atoms in total. The molecule has 0 amide bonds. The molecule has 18 heavy (non-hydrogen) atoms. The van der Waals surface area contributed by atoms with Gasteiger partial charge >= 0.3 is 0 Å². The molecule has 2 atom stereocenters. The Morgan fingerprint density at radius 1 is 1.17 bits per heavy atom. The number of hydrogen-bond donors (Lipinski definition) is 1. The van der Waals surface area contributed by atoms with Gasteiger partial charge in [0.05, 0.1) is 0 Å². The number of piperidine rings is 1. The molecule has 1 saturated carbocycles. The highest BCUT2D eigenvalue weighted by Gasteiger charge is 2.38. The van der Waals surface area contributed by atoms with E-state index in [1.807, 2.05) is 0 Å². The van der Waals surface area contributed by atoms with E-state index in [9.17, 15) is 8.42 Å². The number of rotatable bonds is 4. The van der Waals surface area contributed by atoms with Gasteiger partial charge in [-0.2, -0.15) is 17.0 Å². The first-order valence-corrected chi connectivity index (χ1v) is 8.40. The predicted octanol–water partition coefficient (Wildman–Crippen LogP) is 0.776. The molecule has 6 heteroatoms. The summed E-state index contributed by atoms with van der Waals surface area (Å²) in [6, 6.07) is 0.0990. The van der Waals surface area contributed by atoms with Crippen molar-refractivity contribution in [1.29, 1.82) is 0 Å². The van der Waals surface area contributed by atoms with Crippen LogP contribution in [-0.4, -0.2) is 49.8 Å². The number of hydrogen-bond acceptors (Lipinski definition) is 3. The minimum Gasteiger partial charge on any atom is -0.330 e. The highest BCUT2D eigenvalue weighted by Crippen LogP contribution is 2.31. The van der Waals surface area contributed by atoms with Gasteiger partial charge in [0.15, 0.2) is 0 Å². The maximum absolute atomic E-state index is 12.5. The van der Waals surface area contributed by atoms with E-state index in [4.69, 9.17) is 5.73 Å². The molecule has 0 bridgehead atoms. The van der Waals surface area contributed by atoms with Gasteiger partial charge in [0, 0.05) is 26.2 Å². The second-order valence-corrected chi connectivity index (χ2v) is 7.47. The summed E-state index contributed by atoms with van der Waals surface area (Å²) >= 11 is 0. The fourth-order valence-corrected chi connectivity index (χ4v) is 4.92. The normalized spacial score (nSPS) is 31.1. The highest BCUT2D eigenvalue weighted by molar-refractivity contribution is 7.86. The summed E-state index contributed by atoms with van der Waals surface area (Å²) in [5, 5.41) is 0. The maximum Gasteiger partial charge on any atom is 0.281 e. The maximum atomic E-state index is 12.5. The third-order valence-corrected chi connectivity index (χ3v) is 6.41. The van der Waals surface area contributed by atoms with E-state index < -0.39 is 10.2 Å². The van der Waals surface area contributed by atoms with Crippen molar-refractivity contribution in [2.45, 2.75) is 44.6 Å². The van der Waals surface area contributed by atoms with E-state index in [0.717, 1.165) is 38.5 Å². The van der Waals surface area contributed by atoms with Crippen molar-refractivity contribution in [3.63, 3.8) is 0 Å². The first kappa shape index (κ1) is 14.2. The van der Waals surface area contributed by atoms with Crippen LogP contribution in [0.15, 0.2) is 0 Å². The Hall–Kier alpha value is -0.170. The van der Waals surface area contributed by atoms with Gasteiger partial charge in [-0.15, -0.1) is 0 Å². The third-order valence-electron chi connectivity index (χ3n) is 4.39. The molecule has 0 radical (unpaired) electrons. The molecule has 1 heterocycles. The van der Waals surface area contributed by atoms with Gasteiger partial charge in [-0.3, -0.25) is 0 Å². The Bertz CT molecular complexity index is 366. The molecule has 0 aromatic rings. The van der Waals surface area contributed by atoms with Crippen molar-refractivity contribution in [2.75, 3.05) is 26.7 Å². The smallest absolute Gasteiger partial charge is 0.281 e. The van der Waals surface area contributed by atoms with Crippen LogP contribution in [0.5, 0.6) is 0 Å². The van der Waals surface area contributed by atoms with Crippen molar-refractivity contribution in [3.8, 4) is 0 Å². The van der Waals surface area contributed by atoms with Crippen LogP contribution in [0, 0.1) is 5.92 Å². The van der Waals surface area contributed by atoms with Crippen LogP contribution in [0.4, 0.5) is 0 Å². The average Bonchev–Trinajstić information content (AvgIpc) is 2.87. The summed E-state index contributed by atoms with van der Waals surface area (Å²) in [5.41, 5.74) is 5.75. The summed E-state index contributed by atoms with van der Waals surface area (Å²) in [6.45, 7) is 1.93. The van der Waals surface area contributed by atoms with Crippen molar-refractivity contribution in [1.82, 2.24) is 8.61 Å². The Labute approximate surface area is 110 Å². The lowest BCUT2D eigenvalue weighted by Crippen LogP contribution is -2.49. The fraction of sp³-hybridized carbons (Fsp3) is 1.00. The molecule has 1 saturated heterocycles. The topological polar surface area (TPSA) is 66.6 Å². The molecule has 1 aliphatic carbocycles. The zero-order chi connectivity index (χ0) is 13.2. The molecule has 0 aromatic carbocycles. The molecule has 1 aliphatic heterocycles. The molecule has 0 aromatic heterocycles. The van der Waals surface area contributed by atoms with Gasteiger partial charge in [0.2, 0.25) is 0 Å². The largest absolute Gasteiger partial charge is 0.330 e. The second-order valence-electron chi connectivity index (χ2n) is 5.48. The fourth-order valence-electron chi connectivity index (χ4n) is 3.22. The van der Waals surface area contributed by atoms with Crippen LogP contribution >= 0.6 is 0 Å². The van der Waals surface area contributed by atoms with Crippen LogP contribution in [-0.2, 0) is 10.2 Å². The van der Waals surface area contributed by atoms with Gasteiger partial charge in [0.1, 0.15) is 0 Å². The van der Waals surface area contributed by atoms with Crippen LogP contribution < -0.4 is 5.73 Å². The summed E-state index contributed by atoms with van der Waals surface area (Å²) < 4.78 is 28.3. The standard InChI is InChI=1S/C12H25N3O2S/c1-14(12-7-5-6-11(12)10-13)18(16,17)15-8-3-2-4-9-15/h11-12H,2-10,13H2,1H3. The zero-order valence-corrected chi connectivity index (χ0v) is 12.0. The molecule has 2 unspecified atom stereocenters. The monoisotopic (exact) mass is 275 g/mol. The summed E-state index contributed by atoms with van der Waals surface area (Å²) in [4.78, 5) is 0. The average molecular weight is 275 g/mol. The van der Waals surface area contributed by atoms with Gasteiger partial charge in [0.25, 0.3) is 10.2 Å². The van der Waals surface area contributed by atoms with Crippen molar-refractivity contribution in [3.05, 3.63) is 0 Å². The molecular weight excluding hydrogens is 250 g/mol. The lowest BCUT2D eigenvalue weighted by molar-refractivity contribution is 0.262. The SMILES string of the molecule is CN(C1CCCC1CN)S(=O)(=O)N1CCCCC1. The lowest BCUT2D eigenvalue weighted by Gasteiger charge is -2.34. The first-order valence-electron chi connectivity index (χ1n) is 7.00. The summed E-state index contributed by atoms with van der Waals surface area (Å²) in [6.07, 6.45) is 6.21. The minimum atomic E-state index is -3.28. The van der Waals surface area contributed by atoms with Gasteiger partial charge in [-0.25, -0.2) is 0 Å². The molecular formula is C12H25N3O2S. The number of nitrogens with two attached hydrogens (primary N) is 1. The van der Waals surface area contributed by atoms with E-state index in [1.165, 1.54) is 0 Å². The van der Waals surface area contributed by atoms with Gasteiger partial charge in [-0.05, 0) is 38.1 Å². The molecule has 2 rings (SSSR count). The lowest BCUT2D eigenvalue weighted by atomic mass is 10.0. The minimum absolute atomic E-state index is 0.0990. The predicted molar refractivity (Wildman–Crippen MR) is 72.3 cm³/mol. The molecule has 0 spiro atoms. The molecule has 2 N–H and O–H groups in total. The first-order chi connectivity index (χ1) is 8.57. The van der Waals surface area contributed by atoms with Crippen LogP contribution in [0.25, 0.3) is 0 Å². The third kappa shape index (κ3) is 2.71. The Morgan fingerprint density at radius 3 is 2.44 bits per heavy atom. The van der Waals surface area contributed by atoms with Crippen LogP contribution in [0.2, 0.25) is 0 Å². The van der Waals surface area contributed by atoms with Crippen molar-refractivity contribution < 1.29 is 8.42 Å². The van der Waals surface area contributed by atoms with Gasteiger partial charge < -0.3 is 5.73 Å². The van der Waals surface area contributed by atoms with E-state index >= 15 is 0 Å². The second kappa shape index (κ2) is 5.86. The van der Waals surface area contributed by atoms with Crippen molar-refractivity contribution >= 4 is 10.2 Å². The quantitative estimate of drug-likeness (QED) is 0.824. The summed E-state index contributed by atoms with van der Waals surface area (Å²) in [7, 11) is -1.55. The van der Waals surface area contributed by atoms with Gasteiger partial charge in [-0.1, -0.05) is 12.8 Å². The van der Waals surface area contributed by atoms with E-state index in [0.29, 0.717) is 25.6 Å². The highest BCUT2D eigenvalue weighted by atomic mass is 32.2. The summed E-state index contributed by atoms with van der Waals surface area (Å²) in [5.74, 6) is 0.328. The van der Waals surface area contributed by atoms with E-state index in [2.05, 4.69) is 0 Å². The Kier molecular flexibility index (Phi) is 4.64. The van der Waals surface area contributed by atoms with Crippen LogP contribution in [0.3, 0.4) is 0 Å². The molecule has 106 valence electrons.